The van der Waals surface area contributed by atoms with Crippen LogP contribution in [-0.4, -0.2) is 22.4 Å². The smallest absolute Gasteiger partial charge is 0.202 e. The molecular formula is C13H18N4S. The average molecular weight is 262 g/mol. The predicted molar refractivity (Wildman–Crippen MR) is 76.1 cm³/mol. The molecule has 0 aliphatic carbocycles. The normalized spacial score (nSPS) is 10.6. The molecule has 4 nitrogen and oxygen atoms in total. The summed E-state index contributed by atoms with van der Waals surface area (Å²) < 4.78 is 4.35. The number of rotatable bonds is 6. The molecule has 0 spiro atoms. The number of nitrogens with two attached hydrogens (primary N) is 1. The molecule has 1 aromatic carbocycles. The van der Waals surface area contributed by atoms with Crippen molar-refractivity contribution in [2.45, 2.75) is 19.8 Å². The van der Waals surface area contributed by atoms with Gasteiger partial charge in [-0.3, -0.25) is 0 Å². The van der Waals surface area contributed by atoms with Crippen molar-refractivity contribution in [3.8, 4) is 0 Å². The Morgan fingerprint density at radius 3 is 2.78 bits per heavy atom. The van der Waals surface area contributed by atoms with E-state index in [1.807, 2.05) is 0 Å². The molecule has 0 radical (unpaired) electrons. The number of aryl methyl sites for hydroxylation is 1. The number of anilines is 1. The highest BCUT2D eigenvalue weighted by molar-refractivity contribution is 7.09. The number of hydrogen-bond acceptors (Lipinski definition) is 5. The molecule has 2 aromatic rings. The van der Waals surface area contributed by atoms with E-state index < -0.39 is 0 Å². The van der Waals surface area contributed by atoms with E-state index >= 15 is 0 Å². The summed E-state index contributed by atoms with van der Waals surface area (Å²) in [5, 5.41) is 4.11. The van der Waals surface area contributed by atoms with Gasteiger partial charge in [-0.1, -0.05) is 29.8 Å². The molecular weight excluding hydrogens is 244 g/mol. The lowest BCUT2D eigenvalue weighted by molar-refractivity contribution is 0.871. The molecule has 1 aromatic heterocycles. The van der Waals surface area contributed by atoms with Crippen molar-refractivity contribution in [2.75, 3.05) is 18.4 Å². The topological polar surface area (TPSA) is 63.8 Å². The molecule has 0 unspecified atom stereocenters. The Morgan fingerprint density at radius 2 is 2.06 bits per heavy atom. The van der Waals surface area contributed by atoms with Crippen LogP contribution in [0.5, 0.6) is 0 Å². The Bertz CT molecular complexity index is 478. The zero-order valence-corrected chi connectivity index (χ0v) is 11.3. The van der Waals surface area contributed by atoms with Crippen molar-refractivity contribution >= 4 is 16.7 Å². The minimum absolute atomic E-state index is 0.696. The maximum atomic E-state index is 5.44. The molecule has 0 atom stereocenters. The molecule has 0 amide bonds. The van der Waals surface area contributed by atoms with Crippen LogP contribution in [0.4, 0.5) is 5.13 Å². The Labute approximate surface area is 111 Å². The SMILES string of the molecule is Cc1ccc(Cc2nsc(NCCCN)n2)cc1. The molecule has 96 valence electrons. The zero-order chi connectivity index (χ0) is 12.8. The van der Waals surface area contributed by atoms with Gasteiger partial charge in [-0.25, -0.2) is 4.98 Å². The summed E-state index contributed by atoms with van der Waals surface area (Å²) in [4.78, 5) is 4.46. The van der Waals surface area contributed by atoms with Crippen molar-refractivity contribution < 1.29 is 0 Å². The summed E-state index contributed by atoms with van der Waals surface area (Å²) >= 11 is 1.41. The number of nitrogens with zero attached hydrogens (tertiary/aromatic N) is 2. The highest BCUT2D eigenvalue weighted by Crippen LogP contribution is 2.14. The number of benzene rings is 1. The van der Waals surface area contributed by atoms with Gasteiger partial charge in [-0.15, -0.1) is 0 Å². The largest absolute Gasteiger partial charge is 0.360 e. The quantitative estimate of drug-likeness (QED) is 0.783. The highest BCUT2D eigenvalue weighted by Gasteiger charge is 2.04. The van der Waals surface area contributed by atoms with Gasteiger partial charge >= 0.3 is 0 Å². The highest BCUT2D eigenvalue weighted by atomic mass is 32.1. The average Bonchev–Trinajstić information content (AvgIpc) is 2.80. The standard InChI is InChI=1S/C13H18N4S/c1-10-3-5-11(6-4-10)9-12-16-13(18-17-12)15-8-2-7-14/h3-6H,2,7-9,14H2,1H3,(H,15,16,17). The lowest BCUT2D eigenvalue weighted by Gasteiger charge is -1.99. The van der Waals surface area contributed by atoms with E-state index in [4.69, 9.17) is 5.73 Å². The van der Waals surface area contributed by atoms with Crippen LogP contribution in [-0.2, 0) is 6.42 Å². The molecule has 0 aliphatic heterocycles. The monoisotopic (exact) mass is 262 g/mol. The number of aromatic nitrogens is 2. The lowest BCUT2D eigenvalue weighted by atomic mass is 10.1. The summed E-state index contributed by atoms with van der Waals surface area (Å²) in [5.41, 5.74) is 7.95. The molecule has 2 rings (SSSR count). The Hall–Kier alpha value is -1.46. The third kappa shape index (κ3) is 3.78. The first-order valence-electron chi connectivity index (χ1n) is 6.10. The minimum atomic E-state index is 0.696. The van der Waals surface area contributed by atoms with Gasteiger partial charge in [0.25, 0.3) is 0 Å². The fourth-order valence-corrected chi connectivity index (χ4v) is 2.19. The van der Waals surface area contributed by atoms with Crippen LogP contribution in [0.25, 0.3) is 0 Å². The Morgan fingerprint density at radius 1 is 1.28 bits per heavy atom. The fraction of sp³-hybridized carbons (Fsp3) is 0.385. The number of nitrogens with one attached hydrogen (secondary N) is 1. The molecule has 0 saturated heterocycles. The van der Waals surface area contributed by atoms with Gasteiger partial charge in [0.1, 0.15) is 5.82 Å². The van der Waals surface area contributed by atoms with E-state index in [9.17, 15) is 0 Å². The van der Waals surface area contributed by atoms with E-state index in [0.717, 1.165) is 30.3 Å². The van der Waals surface area contributed by atoms with Crippen LogP contribution in [0, 0.1) is 6.92 Å². The second kappa shape index (κ2) is 6.47. The molecule has 0 bridgehead atoms. The van der Waals surface area contributed by atoms with Crippen LogP contribution >= 0.6 is 11.5 Å². The molecule has 3 N–H and O–H groups in total. The number of hydrogen-bond donors (Lipinski definition) is 2. The summed E-state index contributed by atoms with van der Waals surface area (Å²) in [6, 6.07) is 8.47. The van der Waals surface area contributed by atoms with Crippen LogP contribution in [0.2, 0.25) is 0 Å². The van der Waals surface area contributed by atoms with E-state index in [1.165, 1.54) is 22.7 Å². The van der Waals surface area contributed by atoms with Gasteiger partial charge < -0.3 is 11.1 Å². The molecule has 0 fully saturated rings. The zero-order valence-electron chi connectivity index (χ0n) is 10.5. The van der Waals surface area contributed by atoms with E-state index in [1.54, 1.807) is 0 Å². The lowest BCUT2D eigenvalue weighted by Crippen LogP contribution is -2.08. The molecule has 0 aliphatic rings. The first-order chi connectivity index (χ1) is 8.78. The Kier molecular flexibility index (Phi) is 4.66. The van der Waals surface area contributed by atoms with Gasteiger partial charge in [-0.05, 0) is 25.5 Å². The van der Waals surface area contributed by atoms with Crippen LogP contribution in [0.3, 0.4) is 0 Å². The van der Waals surface area contributed by atoms with E-state index in [0.29, 0.717) is 6.54 Å². The second-order valence-corrected chi connectivity index (χ2v) is 5.00. The van der Waals surface area contributed by atoms with Crippen LogP contribution in [0.1, 0.15) is 23.4 Å². The maximum absolute atomic E-state index is 5.44. The predicted octanol–water partition coefficient (Wildman–Crippen LogP) is 2.20. The van der Waals surface area contributed by atoms with Gasteiger partial charge in [0, 0.05) is 24.5 Å². The third-order valence-electron chi connectivity index (χ3n) is 2.61. The van der Waals surface area contributed by atoms with Crippen molar-refractivity contribution in [2.24, 2.45) is 5.73 Å². The van der Waals surface area contributed by atoms with Crippen molar-refractivity contribution in [3.05, 3.63) is 41.2 Å². The van der Waals surface area contributed by atoms with Crippen molar-refractivity contribution in [1.82, 2.24) is 9.36 Å². The summed E-state index contributed by atoms with van der Waals surface area (Å²) in [7, 11) is 0. The molecule has 1 heterocycles. The first kappa shape index (κ1) is 13.0. The Balaban J connectivity index is 1.91. The van der Waals surface area contributed by atoms with E-state index in [2.05, 4.69) is 45.9 Å². The van der Waals surface area contributed by atoms with Gasteiger partial charge in [0.2, 0.25) is 5.13 Å². The van der Waals surface area contributed by atoms with Crippen molar-refractivity contribution in [3.63, 3.8) is 0 Å². The van der Waals surface area contributed by atoms with Crippen LogP contribution in [0.15, 0.2) is 24.3 Å². The van der Waals surface area contributed by atoms with Crippen molar-refractivity contribution in [1.29, 1.82) is 0 Å². The summed E-state index contributed by atoms with van der Waals surface area (Å²) in [5.74, 6) is 0.874. The molecule has 5 heteroatoms. The van der Waals surface area contributed by atoms with Gasteiger partial charge in [0.15, 0.2) is 0 Å². The summed E-state index contributed by atoms with van der Waals surface area (Å²) in [6.07, 6.45) is 1.74. The minimum Gasteiger partial charge on any atom is -0.360 e. The summed E-state index contributed by atoms with van der Waals surface area (Å²) in [6.45, 7) is 3.64. The fourth-order valence-electron chi connectivity index (χ4n) is 1.58. The van der Waals surface area contributed by atoms with Crippen LogP contribution < -0.4 is 11.1 Å². The third-order valence-corrected chi connectivity index (χ3v) is 3.32. The van der Waals surface area contributed by atoms with Gasteiger partial charge in [0.05, 0.1) is 0 Å². The van der Waals surface area contributed by atoms with E-state index in [-0.39, 0.29) is 0 Å². The maximum Gasteiger partial charge on any atom is 0.202 e. The molecule has 18 heavy (non-hydrogen) atoms. The first-order valence-corrected chi connectivity index (χ1v) is 6.87. The molecule has 0 saturated carbocycles. The second-order valence-electron chi connectivity index (χ2n) is 4.25. The van der Waals surface area contributed by atoms with Gasteiger partial charge in [-0.2, -0.15) is 4.37 Å².